The van der Waals surface area contributed by atoms with Crippen molar-refractivity contribution in [3.05, 3.63) is 40.1 Å². The molecule has 0 saturated heterocycles. The van der Waals surface area contributed by atoms with Gasteiger partial charge in [0.05, 0.1) is 11.0 Å². The standard InChI is InChI=1S/C15H16FN5O2/c1-3-9(4-2)17-14(22)12-13-15(23)18-10-7-8(16)5-6-11(10)21(13)20-19-12/h5-7,9H,3-4H2,1-2H3,(H,17,22)(H,18,23). The molecular weight excluding hydrogens is 301 g/mol. The molecule has 0 spiro atoms. The van der Waals surface area contributed by atoms with E-state index in [2.05, 4.69) is 20.6 Å². The summed E-state index contributed by atoms with van der Waals surface area (Å²) in [5.74, 6) is -0.917. The maximum Gasteiger partial charge on any atom is 0.277 e. The van der Waals surface area contributed by atoms with Crippen LogP contribution in [-0.2, 0) is 0 Å². The first-order valence-corrected chi connectivity index (χ1v) is 7.43. The molecule has 2 heterocycles. The number of carbonyl (C=O) groups excluding carboxylic acids is 1. The largest absolute Gasteiger partial charge is 0.348 e. The summed E-state index contributed by atoms with van der Waals surface area (Å²) in [6, 6.07) is 3.94. The van der Waals surface area contributed by atoms with E-state index in [4.69, 9.17) is 0 Å². The van der Waals surface area contributed by atoms with Crippen molar-refractivity contribution in [2.45, 2.75) is 32.7 Å². The van der Waals surface area contributed by atoms with Crippen LogP contribution in [0.1, 0.15) is 37.2 Å². The van der Waals surface area contributed by atoms with Crippen molar-refractivity contribution >= 4 is 22.5 Å². The van der Waals surface area contributed by atoms with Crippen LogP contribution < -0.4 is 10.9 Å². The maximum atomic E-state index is 13.3. The number of nitrogens with zero attached hydrogens (tertiary/aromatic N) is 3. The predicted octanol–water partition coefficient (Wildman–Crippen LogP) is 1.63. The van der Waals surface area contributed by atoms with Gasteiger partial charge < -0.3 is 10.3 Å². The third-order valence-electron chi connectivity index (χ3n) is 3.86. The van der Waals surface area contributed by atoms with Gasteiger partial charge in [0.2, 0.25) is 0 Å². The smallest absolute Gasteiger partial charge is 0.277 e. The lowest BCUT2D eigenvalue weighted by Crippen LogP contribution is -2.34. The van der Waals surface area contributed by atoms with E-state index in [9.17, 15) is 14.0 Å². The van der Waals surface area contributed by atoms with Crippen molar-refractivity contribution in [3.8, 4) is 0 Å². The number of fused-ring (bicyclic) bond motifs is 3. The Morgan fingerprint density at radius 3 is 2.83 bits per heavy atom. The number of amides is 1. The number of hydrogen-bond acceptors (Lipinski definition) is 4. The molecule has 0 radical (unpaired) electrons. The third-order valence-corrected chi connectivity index (χ3v) is 3.86. The van der Waals surface area contributed by atoms with Gasteiger partial charge in [-0.2, -0.15) is 0 Å². The minimum Gasteiger partial charge on any atom is -0.348 e. The molecule has 0 atom stereocenters. The number of rotatable bonds is 4. The molecule has 2 aromatic heterocycles. The summed E-state index contributed by atoms with van der Waals surface area (Å²) in [6.07, 6.45) is 1.56. The highest BCUT2D eigenvalue weighted by Gasteiger charge is 2.21. The molecule has 7 nitrogen and oxygen atoms in total. The fraction of sp³-hybridized carbons (Fsp3) is 0.333. The zero-order valence-corrected chi connectivity index (χ0v) is 12.8. The Balaban J connectivity index is 2.15. The Morgan fingerprint density at radius 1 is 1.39 bits per heavy atom. The molecule has 3 aromatic rings. The highest BCUT2D eigenvalue weighted by atomic mass is 19.1. The number of aromatic nitrogens is 4. The molecular formula is C15H16FN5O2. The molecule has 8 heteroatoms. The lowest BCUT2D eigenvalue weighted by molar-refractivity contribution is 0.0931. The summed E-state index contributed by atoms with van der Waals surface area (Å²) in [7, 11) is 0. The number of H-pyrrole nitrogens is 1. The molecule has 23 heavy (non-hydrogen) atoms. The summed E-state index contributed by atoms with van der Waals surface area (Å²) < 4.78 is 14.6. The van der Waals surface area contributed by atoms with E-state index >= 15 is 0 Å². The molecule has 2 N–H and O–H groups in total. The fourth-order valence-corrected chi connectivity index (χ4v) is 2.53. The minimum absolute atomic E-state index is 0.00730. The van der Waals surface area contributed by atoms with Crippen LogP contribution in [-0.4, -0.2) is 31.8 Å². The van der Waals surface area contributed by atoms with E-state index in [1.54, 1.807) is 0 Å². The molecule has 1 aromatic carbocycles. The molecule has 0 aliphatic carbocycles. The Bertz CT molecular complexity index is 942. The van der Waals surface area contributed by atoms with Crippen molar-refractivity contribution in [1.29, 1.82) is 0 Å². The zero-order chi connectivity index (χ0) is 16.6. The fourth-order valence-electron chi connectivity index (χ4n) is 2.53. The van der Waals surface area contributed by atoms with Crippen LogP contribution in [0.25, 0.3) is 16.6 Å². The van der Waals surface area contributed by atoms with E-state index in [1.807, 2.05) is 13.8 Å². The molecule has 1 amide bonds. The Morgan fingerprint density at radius 2 is 2.13 bits per heavy atom. The van der Waals surface area contributed by atoms with Crippen LogP contribution >= 0.6 is 0 Å². The van der Waals surface area contributed by atoms with Gasteiger partial charge in [-0.25, -0.2) is 8.91 Å². The zero-order valence-electron chi connectivity index (χ0n) is 12.8. The summed E-state index contributed by atoms with van der Waals surface area (Å²) in [6.45, 7) is 3.93. The number of benzene rings is 1. The number of nitrogens with one attached hydrogen (secondary N) is 2. The molecule has 0 aliphatic heterocycles. The van der Waals surface area contributed by atoms with Crippen molar-refractivity contribution in [1.82, 2.24) is 25.1 Å². The second-order valence-electron chi connectivity index (χ2n) is 5.30. The molecule has 0 saturated carbocycles. The molecule has 0 aliphatic rings. The van der Waals surface area contributed by atoms with Crippen LogP contribution in [0.4, 0.5) is 4.39 Å². The van der Waals surface area contributed by atoms with Crippen molar-refractivity contribution < 1.29 is 9.18 Å². The second kappa shape index (κ2) is 5.79. The van der Waals surface area contributed by atoms with Gasteiger partial charge in [-0.3, -0.25) is 9.59 Å². The monoisotopic (exact) mass is 317 g/mol. The lowest BCUT2D eigenvalue weighted by atomic mass is 10.1. The SMILES string of the molecule is CCC(CC)NC(=O)c1nnn2c1c(=O)[nH]c1cc(F)ccc12. The third kappa shape index (κ3) is 2.56. The summed E-state index contributed by atoms with van der Waals surface area (Å²) in [5, 5.41) is 10.5. The summed E-state index contributed by atoms with van der Waals surface area (Å²) in [5.41, 5.74) is 0.231. The van der Waals surface area contributed by atoms with Gasteiger partial charge in [0.1, 0.15) is 5.82 Å². The van der Waals surface area contributed by atoms with Crippen molar-refractivity contribution in [2.24, 2.45) is 0 Å². The van der Waals surface area contributed by atoms with Crippen LogP contribution in [0.5, 0.6) is 0 Å². The normalized spacial score (nSPS) is 11.5. The Labute approximate surface area is 130 Å². The summed E-state index contributed by atoms with van der Waals surface area (Å²) in [4.78, 5) is 27.2. The van der Waals surface area contributed by atoms with Gasteiger partial charge in [-0.1, -0.05) is 19.1 Å². The number of halogens is 1. The first kappa shape index (κ1) is 15.1. The van der Waals surface area contributed by atoms with Crippen LogP contribution in [0.15, 0.2) is 23.0 Å². The average molecular weight is 317 g/mol. The molecule has 3 rings (SSSR count). The van der Waals surface area contributed by atoms with Gasteiger partial charge in [0.15, 0.2) is 11.2 Å². The van der Waals surface area contributed by atoms with Crippen LogP contribution in [0, 0.1) is 5.82 Å². The molecule has 0 fully saturated rings. The Hall–Kier alpha value is -2.77. The molecule has 120 valence electrons. The van der Waals surface area contributed by atoms with Gasteiger partial charge in [-0.05, 0) is 31.0 Å². The highest BCUT2D eigenvalue weighted by Crippen LogP contribution is 2.14. The van der Waals surface area contributed by atoms with Gasteiger partial charge >= 0.3 is 0 Å². The van der Waals surface area contributed by atoms with E-state index in [0.717, 1.165) is 12.8 Å². The van der Waals surface area contributed by atoms with E-state index in [0.29, 0.717) is 11.0 Å². The molecule has 0 unspecified atom stereocenters. The van der Waals surface area contributed by atoms with Crippen molar-refractivity contribution in [2.75, 3.05) is 0 Å². The van der Waals surface area contributed by atoms with Crippen LogP contribution in [0.3, 0.4) is 0 Å². The van der Waals surface area contributed by atoms with Crippen molar-refractivity contribution in [3.63, 3.8) is 0 Å². The number of aromatic amines is 1. The topological polar surface area (TPSA) is 92.2 Å². The van der Waals surface area contributed by atoms with E-state index in [-0.39, 0.29) is 17.3 Å². The van der Waals surface area contributed by atoms with E-state index < -0.39 is 17.3 Å². The lowest BCUT2D eigenvalue weighted by Gasteiger charge is -2.13. The highest BCUT2D eigenvalue weighted by molar-refractivity contribution is 5.99. The molecule has 0 bridgehead atoms. The first-order chi connectivity index (χ1) is 11.0. The quantitative estimate of drug-likeness (QED) is 0.765. The first-order valence-electron chi connectivity index (χ1n) is 7.43. The predicted molar refractivity (Wildman–Crippen MR) is 82.9 cm³/mol. The van der Waals surface area contributed by atoms with Gasteiger partial charge in [0, 0.05) is 6.04 Å². The second-order valence-corrected chi connectivity index (χ2v) is 5.30. The maximum absolute atomic E-state index is 13.3. The summed E-state index contributed by atoms with van der Waals surface area (Å²) >= 11 is 0. The average Bonchev–Trinajstić information content (AvgIpc) is 2.98. The van der Waals surface area contributed by atoms with Gasteiger partial charge in [0.25, 0.3) is 11.5 Å². The number of carbonyl (C=O) groups is 1. The minimum atomic E-state index is -0.539. The van der Waals surface area contributed by atoms with Crippen LogP contribution in [0.2, 0.25) is 0 Å². The number of hydrogen-bond donors (Lipinski definition) is 2. The van der Waals surface area contributed by atoms with E-state index in [1.165, 1.54) is 22.7 Å². The Kier molecular flexibility index (Phi) is 3.81. The van der Waals surface area contributed by atoms with Gasteiger partial charge in [-0.15, -0.1) is 5.10 Å².